The van der Waals surface area contributed by atoms with Crippen LogP contribution in [-0.2, 0) is 0 Å². The van der Waals surface area contributed by atoms with Crippen LogP contribution < -0.4 is 4.90 Å². The van der Waals surface area contributed by atoms with Crippen LogP contribution in [0.1, 0.15) is 27.5 Å². The largest absolute Gasteiger partial charge is 0.368 e. The van der Waals surface area contributed by atoms with Gasteiger partial charge in [0.05, 0.1) is 16.9 Å². The molecule has 1 saturated heterocycles. The first-order valence-electron chi connectivity index (χ1n) is 11.2. The summed E-state index contributed by atoms with van der Waals surface area (Å²) in [5.74, 6) is 0.0889. The third kappa shape index (κ3) is 4.17. The Morgan fingerprint density at radius 1 is 1.00 bits per heavy atom. The van der Waals surface area contributed by atoms with Crippen LogP contribution in [0.4, 0.5) is 5.69 Å². The second kappa shape index (κ2) is 8.95. The molecule has 1 aliphatic rings. The Bertz CT molecular complexity index is 1340. The molecule has 0 saturated carbocycles. The summed E-state index contributed by atoms with van der Waals surface area (Å²) in [6.45, 7) is 8.82. The number of benzene rings is 2. The minimum atomic E-state index is -0.248. The van der Waals surface area contributed by atoms with Crippen molar-refractivity contribution in [3.63, 3.8) is 0 Å². The average Bonchev–Trinajstić information content (AvgIpc) is 3.48. The number of halogens is 1. The normalized spacial score (nSPS) is 14.0. The Kier molecular flexibility index (Phi) is 5.83. The predicted molar refractivity (Wildman–Crippen MR) is 131 cm³/mol. The molecule has 8 nitrogen and oxygen atoms in total. The van der Waals surface area contributed by atoms with Crippen molar-refractivity contribution in [1.29, 1.82) is 0 Å². The van der Waals surface area contributed by atoms with E-state index in [0.29, 0.717) is 29.5 Å². The van der Waals surface area contributed by atoms with Gasteiger partial charge in [0.25, 0.3) is 0 Å². The molecule has 2 aromatic heterocycles. The van der Waals surface area contributed by atoms with E-state index >= 15 is 0 Å². The zero-order valence-electron chi connectivity index (χ0n) is 19.3. The standard InChI is InChI=1S/C25H25ClN6O2/c1-16-5-4-6-22(17(16)2)30-11-13-31(14-12-30)25(33)24-27-23(29-34-24)21-15-32(28-18(21)3)20-9-7-19(26)8-10-20/h4-10,15H,11-14H2,1-3H3. The van der Waals surface area contributed by atoms with E-state index in [2.05, 4.69) is 52.2 Å². The molecule has 4 aromatic rings. The van der Waals surface area contributed by atoms with Gasteiger partial charge in [-0.3, -0.25) is 4.79 Å². The molecule has 34 heavy (non-hydrogen) atoms. The first kappa shape index (κ1) is 22.2. The number of amides is 1. The Balaban J connectivity index is 1.29. The van der Waals surface area contributed by atoms with E-state index in [1.807, 2.05) is 25.3 Å². The van der Waals surface area contributed by atoms with E-state index in [1.165, 1.54) is 16.8 Å². The Hall–Kier alpha value is -3.65. The molecule has 1 amide bonds. The van der Waals surface area contributed by atoms with E-state index in [1.54, 1.807) is 21.7 Å². The van der Waals surface area contributed by atoms with Gasteiger partial charge in [0, 0.05) is 43.1 Å². The van der Waals surface area contributed by atoms with E-state index in [-0.39, 0.29) is 11.8 Å². The van der Waals surface area contributed by atoms with E-state index in [4.69, 9.17) is 16.1 Å². The molecule has 2 aromatic carbocycles. The maximum atomic E-state index is 13.0. The van der Waals surface area contributed by atoms with Crippen LogP contribution in [0.5, 0.6) is 0 Å². The number of piperazine rings is 1. The summed E-state index contributed by atoms with van der Waals surface area (Å²) in [5.41, 5.74) is 6.07. The van der Waals surface area contributed by atoms with Crippen LogP contribution in [0.25, 0.3) is 17.1 Å². The highest BCUT2D eigenvalue weighted by Gasteiger charge is 2.27. The summed E-state index contributed by atoms with van der Waals surface area (Å²) in [4.78, 5) is 21.5. The highest BCUT2D eigenvalue weighted by molar-refractivity contribution is 6.30. The molecule has 1 aliphatic heterocycles. The van der Waals surface area contributed by atoms with Gasteiger partial charge in [-0.2, -0.15) is 10.1 Å². The first-order chi connectivity index (χ1) is 16.4. The second-order valence-electron chi connectivity index (χ2n) is 8.47. The number of hydrogen-bond donors (Lipinski definition) is 0. The molecule has 0 spiro atoms. The van der Waals surface area contributed by atoms with Gasteiger partial charge in [-0.05, 0) is 62.2 Å². The van der Waals surface area contributed by atoms with Crippen molar-refractivity contribution in [2.24, 2.45) is 0 Å². The van der Waals surface area contributed by atoms with Gasteiger partial charge in [0.15, 0.2) is 0 Å². The highest BCUT2D eigenvalue weighted by atomic mass is 35.5. The number of hydrogen-bond acceptors (Lipinski definition) is 6. The van der Waals surface area contributed by atoms with Crippen LogP contribution in [0.3, 0.4) is 0 Å². The second-order valence-corrected chi connectivity index (χ2v) is 8.91. The number of rotatable bonds is 4. The summed E-state index contributed by atoms with van der Waals surface area (Å²) in [6.07, 6.45) is 1.82. The molecule has 5 rings (SSSR count). The van der Waals surface area contributed by atoms with Crippen molar-refractivity contribution >= 4 is 23.2 Å². The lowest BCUT2D eigenvalue weighted by atomic mass is 10.1. The van der Waals surface area contributed by atoms with Gasteiger partial charge in [0.1, 0.15) is 0 Å². The molecular formula is C25H25ClN6O2. The van der Waals surface area contributed by atoms with E-state index in [0.717, 1.165) is 24.5 Å². The van der Waals surface area contributed by atoms with Gasteiger partial charge in [-0.1, -0.05) is 28.9 Å². The maximum absolute atomic E-state index is 13.0. The minimum Gasteiger partial charge on any atom is -0.368 e. The number of aromatic nitrogens is 4. The van der Waals surface area contributed by atoms with Gasteiger partial charge in [-0.15, -0.1) is 0 Å². The van der Waals surface area contributed by atoms with Crippen molar-refractivity contribution in [2.75, 3.05) is 31.1 Å². The van der Waals surface area contributed by atoms with E-state index < -0.39 is 0 Å². The van der Waals surface area contributed by atoms with Crippen LogP contribution in [0, 0.1) is 20.8 Å². The summed E-state index contributed by atoms with van der Waals surface area (Å²) in [6, 6.07) is 13.7. The molecule has 3 heterocycles. The SMILES string of the molecule is Cc1cccc(N2CCN(C(=O)c3nc(-c4cn(-c5ccc(Cl)cc5)nc4C)no3)CC2)c1C. The summed E-state index contributed by atoms with van der Waals surface area (Å²) in [7, 11) is 0. The van der Waals surface area contributed by atoms with Crippen molar-refractivity contribution in [3.05, 3.63) is 76.4 Å². The Morgan fingerprint density at radius 2 is 1.74 bits per heavy atom. The Morgan fingerprint density at radius 3 is 2.47 bits per heavy atom. The lowest BCUT2D eigenvalue weighted by molar-refractivity contribution is 0.0696. The number of aryl methyl sites for hydroxylation is 2. The van der Waals surface area contributed by atoms with Crippen molar-refractivity contribution in [1.82, 2.24) is 24.8 Å². The number of carbonyl (C=O) groups excluding carboxylic acids is 1. The Labute approximate surface area is 202 Å². The average molecular weight is 477 g/mol. The third-order valence-corrected chi connectivity index (χ3v) is 6.58. The molecule has 0 aliphatic carbocycles. The molecule has 0 bridgehead atoms. The zero-order valence-corrected chi connectivity index (χ0v) is 20.1. The predicted octanol–water partition coefficient (Wildman–Crippen LogP) is 4.46. The van der Waals surface area contributed by atoms with Gasteiger partial charge in [-0.25, -0.2) is 4.68 Å². The number of anilines is 1. The lowest BCUT2D eigenvalue weighted by Crippen LogP contribution is -2.49. The first-order valence-corrected chi connectivity index (χ1v) is 11.6. The third-order valence-electron chi connectivity index (χ3n) is 6.32. The smallest absolute Gasteiger partial charge is 0.316 e. The molecular weight excluding hydrogens is 452 g/mol. The molecule has 0 unspecified atom stereocenters. The van der Waals surface area contributed by atoms with E-state index in [9.17, 15) is 4.79 Å². The van der Waals surface area contributed by atoms with Crippen LogP contribution in [-0.4, -0.2) is 56.9 Å². The highest BCUT2D eigenvalue weighted by Crippen LogP contribution is 2.25. The molecule has 174 valence electrons. The van der Waals surface area contributed by atoms with Gasteiger partial charge >= 0.3 is 11.8 Å². The molecule has 0 N–H and O–H groups in total. The lowest BCUT2D eigenvalue weighted by Gasteiger charge is -2.36. The van der Waals surface area contributed by atoms with Crippen LogP contribution in [0.2, 0.25) is 5.02 Å². The van der Waals surface area contributed by atoms with Gasteiger partial charge < -0.3 is 14.3 Å². The monoisotopic (exact) mass is 476 g/mol. The molecule has 0 radical (unpaired) electrons. The fourth-order valence-corrected chi connectivity index (χ4v) is 4.32. The number of nitrogens with zero attached hydrogens (tertiary/aromatic N) is 6. The fraction of sp³-hybridized carbons (Fsp3) is 0.280. The summed E-state index contributed by atoms with van der Waals surface area (Å²) < 4.78 is 7.07. The zero-order chi connectivity index (χ0) is 23.8. The van der Waals surface area contributed by atoms with Crippen molar-refractivity contribution < 1.29 is 9.32 Å². The van der Waals surface area contributed by atoms with Crippen LogP contribution >= 0.6 is 11.6 Å². The quantitative estimate of drug-likeness (QED) is 0.432. The minimum absolute atomic E-state index is 0.00571. The topological polar surface area (TPSA) is 80.3 Å². The van der Waals surface area contributed by atoms with Gasteiger partial charge in [0.2, 0.25) is 5.82 Å². The molecule has 1 fully saturated rings. The van der Waals surface area contributed by atoms with Crippen molar-refractivity contribution in [3.8, 4) is 17.1 Å². The fourth-order valence-electron chi connectivity index (χ4n) is 4.19. The molecule has 0 atom stereocenters. The van der Waals surface area contributed by atoms with Crippen molar-refractivity contribution in [2.45, 2.75) is 20.8 Å². The van der Waals surface area contributed by atoms with Crippen LogP contribution in [0.15, 0.2) is 53.2 Å². The maximum Gasteiger partial charge on any atom is 0.316 e. The number of carbonyl (C=O) groups is 1. The summed E-state index contributed by atoms with van der Waals surface area (Å²) >= 11 is 5.98. The molecule has 9 heteroatoms. The summed E-state index contributed by atoms with van der Waals surface area (Å²) in [5, 5.41) is 9.24.